The molecule has 4 heteroatoms. The Morgan fingerprint density at radius 2 is 2.14 bits per heavy atom. The van der Waals surface area contributed by atoms with Gasteiger partial charge in [-0.1, -0.05) is 19.4 Å². The molecule has 1 aliphatic rings. The van der Waals surface area contributed by atoms with Gasteiger partial charge in [-0.05, 0) is 25.3 Å². The molecule has 4 nitrogen and oxygen atoms in total. The highest BCUT2D eigenvalue weighted by molar-refractivity contribution is 5.40. The molecule has 2 atom stereocenters. The second kappa shape index (κ2) is 8.25. The molecule has 1 aromatic rings. The Kier molecular flexibility index (Phi) is 6.33. The number of ether oxygens (including phenoxy) is 3. The fraction of sp³-hybridized carbons (Fsp3) is 0.647. The van der Waals surface area contributed by atoms with Crippen molar-refractivity contribution in [2.75, 3.05) is 20.8 Å². The molecule has 1 N–H and O–H groups in total. The summed E-state index contributed by atoms with van der Waals surface area (Å²) in [5.41, 5.74) is 1.16. The highest BCUT2D eigenvalue weighted by atomic mass is 16.5. The van der Waals surface area contributed by atoms with Crippen LogP contribution in [0.4, 0.5) is 0 Å². The maximum absolute atomic E-state index is 5.79. The van der Waals surface area contributed by atoms with Gasteiger partial charge in [0.1, 0.15) is 11.5 Å². The number of rotatable bonds is 7. The smallest absolute Gasteiger partial charge is 0.127 e. The van der Waals surface area contributed by atoms with Crippen molar-refractivity contribution < 1.29 is 14.2 Å². The Labute approximate surface area is 127 Å². The molecular formula is C17H27NO3. The third kappa shape index (κ3) is 4.61. The van der Waals surface area contributed by atoms with Crippen LogP contribution in [0, 0.1) is 0 Å². The van der Waals surface area contributed by atoms with Gasteiger partial charge in [-0.3, -0.25) is 0 Å². The zero-order valence-corrected chi connectivity index (χ0v) is 13.4. The van der Waals surface area contributed by atoms with Crippen LogP contribution in [0.25, 0.3) is 0 Å². The lowest BCUT2D eigenvalue weighted by Gasteiger charge is -2.30. The van der Waals surface area contributed by atoms with E-state index >= 15 is 0 Å². The van der Waals surface area contributed by atoms with E-state index in [2.05, 4.69) is 18.3 Å². The van der Waals surface area contributed by atoms with Crippen LogP contribution in [0.5, 0.6) is 11.5 Å². The van der Waals surface area contributed by atoms with Crippen LogP contribution >= 0.6 is 0 Å². The van der Waals surface area contributed by atoms with Crippen LogP contribution < -0.4 is 14.8 Å². The lowest BCUT2D eigenvalue weighted by atomic mass is 10.00. The number of benzene rings is 1. The van der Waals surface area contributed by atoms with Crippen LogP contribution in [0.1, 0.15) is 38.2 Å². The predicted molar refractivity (Wildman–Crippen MR) is 84.1 cm³/mol. The summed E-state index contributed by atoms with van der Waals surface area (Å²) < 4.78 is 16.5. The minimum Gasteiger partial charge on any atom is -0.497 e. The van der Waals surface area contributed by atoms with Gasteiger partial charge in [0.25, 0.3) is 0 Å². The van der Waals surface area contributed by atoms with E-state index in [1.165, 1.54) is 6.42 Å². The molecular weight excluding hydrogens is 266 g/mol. The molecule has 1 heterocycles. The quantitative estimate of drug-likeness (QED) is 0.838. The minimum absolute atomic E-state index is 0.416. The molecule has 2 unspecified atom stereocenters. The minimum atomic E-state index is 0.416. The molecule has 0 bridgehead atoms. The Hall–Kier alpha value is -1.26. The third-order valence-corrected chi connectivity index (χ3v) is 4.05. The molecule has 0 radical (unpaired) electrons. The van der Waals surface area contributed by atoms with E-state index in [1.54, 1.807) is 14.2 Å². The van der Waals surface area contributed by atoms with E-state index in [9.17, 15) is 0 Å². The summed E-state index contributed by atoms with van der Waals surface area (Å²) in [5, 5.41) is 3.64. The van der Waals surface area contributed by atoms with Crippen LogP contribution in [0.2, 0.25) is 0 Å². The van der Waals surface area contributed by atoms with Crippen molar-refractivity contribution in [3.05, 3.63) is 23.8 Å². The molecule has 21 heavy (non-hydrogen) atoms. The topological polar surface area (TPSA) is 39.7 Å². The zero-order chi connectivity index (χ0) is 15.1. The highest BCUT2D eigenvalue weighted by Gasteiger charge is 2.21. The molecule has 0 saturated carbocycles. The first-order valence-electron chi connectivity index (χ1n) is 7.82. The lowest BCUT2D eigenvalue weighted by molar-refractivity contribution is -0.00344. The van der Waals surface area contributed by atoms with Crippen molar-refractivity contribution in [2.24, 2.45) is 0 Å². The van der Waals surface area contributed by atoms with Crippen molar-refractivity contribution >= 4 is 0 Å². The molecule has 1 aliphatic heterocycles. The van der Waals surface area contributed by atoms with Gasteiger partial charge in [-0.25, -0.2) is 0 Å². The molecule has 0 amide bonds. The maximum Gasteiger partial charge on any atom is 0.127 e. The molecule has 0 aromatic heterocycles. The molecule has 2 rings (SSSR count). The van der Waals surface area contributed by atoms with Crippen LogP contribution in [0.3, 0.4) is 0 Å². The lowest BCUT2D eigenvalue weighted by Crippen LogP contribution is -2.38. The van der Waals surface area contributed by atoms with E-state index < -0.39 is 0 Å². The molecule has 1 saturated heterocycles. The van der Waals surface area contributed by atoms with E-state index in [1.807, 2.05) is 12.1 Å². The average Bonchev–Trinajstić information content (AvgIpc) is 2.53. The maximum atomic E-state index is 5.79. The normalized spacial score (nSPS) is 22.0. The fourth-order valence-corrected chi connectivity index (χ4v) is 2.84. The van der Waals surface area contributed by atoms with Gasteiger partial charge < -0.3 is 19.5 Å². The molecule has 1 fully saturated rings. The van der Waals surface area contributed by atoms with E-state index in [4.69, 9.17) is 14.2 Å². The molecule has 0 aliphatic carbocycles. The predicted octanol–water partition coefficient (Wildman–Crippen LogP) is 3.14. The summed E-state index contributed by atoms with van der Waals surface area (Å²) in [4.78, 5) is 0. The molecule has 118 valence electrons. The monoisotopic (exact) mass is 293 g/mol. The van der Waals surface area contributed by atoms with E-state index in [0.717, 1.165) is 49.5 Å². The average molecular weight is 293 g/mol. The Bertz CT molecular complexity index is 434. The Balaban J connectivity index is 1.90. The number of hydrogen-bond acceptors (Lipinski definition) is 4. The van der Waals surface area contributed by atoms with Crippen molar-refractivity contribution in [3.8, 4) is 11.5 Å². The zero-order valence-electron chi connectivity index (χ0n) is 13.4. The van der Waals surface area contributed by atoms with Crippen molar-refractivity contribution in [2.45, 2.75) is 51.3 Å². The SMILES string of the molecule is CCCC1CC(NCc2ccc(OC)cc2OC)CCO1. The van der Waals surface area contributed by atoms with Crippen LogP contribution in [0.15, 0.2) is 18.2 Å². The van der Waals surface area contributed by atoms with Crippen LogP contribution in [-0.2, 0) is 11.3 Å². The first-order chi connectivity index (χ1) is 10.3. The largest absolute Gasteiger partial charge is 0.497 e. The van der Waals surface area contributed by atoms with Gasteiger partial charge >= 0.3 is 0 Å². The summed E-state index contributed by atoms with van der Waals surface area (Å²) in [7, 11) is 3.37. The third-order valence-electron chi connectivity index (χ3n) is 4.05. The summed E-state index contributed by atoms with van der Waals surface area (Å²) >= 11 is 0. The first kappa shape index (κ1) is 16.1. The van der Waals surface area contributed by atoms with Gasteiger partial charge in [-0.2, -0.15) is 0 Å². The van der Waals surface area contributed by atoms with Gasteiger partial charge in [0, 0.05) is 30.8 Å². The highest BCUT2D eigenvalue weighted by Crippen LogP contribution is 2.25. The Morgan fingerprint density at radius 1 is 1.29 bits per heavy atom. The van der Waals surface area contributed by atoms with Gasteiger partial charge in [0.15, 0.2) is 0 Å². The summed E-state index contributed by atoms with van der Waals surface area (Å²) in [6.45, 7) is 3.89. The number of hydrogen-bond donors (Lipinski definition) is 1. The van der Waals surface area contributed by atoms with Crippen LogP contribution in [-0.4, -0.2) is 33.0 Å². The molecule has 0 spiro atoms. The summed E-state index contributed by atoms with van der Waals surface area (Å²) in [5.74, 6) is 1.70. The van der Waals surface area contributed by atoms with Gasteiger partial charge in [0.05, 0.1) is 20.3 Å². The first-order valence-corrected chi connectivity index (χ1v) is 7.82. The standard InChI is InChI=1S/C17H27NO3/c1-4-5-16-10-14(8-9-21-16)18-12-13-6-7-15(19-2)11-17(13)20-3/h6-7,11,14,16,18H,4-5,8-10,12H2,1-3H3. The molecule has 1 aromatic carbocycles. The fourth-order valence-electron chi connectivity index (χ4n) is 2.84. The van der Waals surface area contributed by atoms with Crippen molar-refractivity contribution in [1.29, 1.82) is 0 Å². The second-order valence-corrected chi connectivity index (χ2v) is 5.56. The van der Waals surface area contributed by atoms with Crippen molar-refractivity contribution in [1.82, 2.24) is 5.32 Å². The van der Waals surface area contributed by atoms with Crippen molar-refractivity contribution in [3.63, 3.8) is 0 Å². The second-order valence-electron chi connectivity index (χ2n) is 5.56. The summed E-state index contributed by atoms with van der Waals surface area (Å²) in [6, 6.07) is 6.50. The van der Waals surface area contributed by atoms with Gasteiger partial charge in [0.2, 0.25) is 0 Å². The van der Waals surface area contributed by atoms with E-state index in [-0.39, 0.29) is 0 Å². The number of methoxy groups -OCH3 is 2. The van der Waals surface area contributed by atoms with Gasteiger partial charge in [-0.15, -0.1) is 0 Å². The Morgan fingerprint density at radius 3 is 2.86 bits per heavy atom. The number of nitrogens with one attached hydrogen (secondary N) is 1. The summed E-state index contributed by atoms with van der Waals surface area (Å²) in [6.07, 6.45) is 4.94. The van der Waals surface area contributed by atoms with E-state index in [0.29, 0.717) is 12.1 Å².